The first-order valence-corrected chi connectivity index (χ1v) is 12.4. The van der Waals surface area contributed by atoms with E-state index in [9.17, 15) is 18.0 Å². The van der Waals surface area contributed by atoms with Gasteiger partial charge in [0.1, 0.15) is 5.69 Å². The van der Waals surface area contributed by atoms with Crippen LogP contribution in [-0.4, -0.2) is 52.7 Å². The Morgan fingerprint density at radius 1 is 1.15 bits per heavy atom. The van der Waals surface area contributed by atoms with Gasteiger partial charge in [-0.25, -0.2) is 9.97 Å². The van der Waals surface area contributed by atoms with Gasteiger partial charge < -0.3 is 9.80 Å². The maximum Gasteiger partial charge on any atom is 0.433 e. The minimum atomic E-state index is -4.59. The molecule has 0 bridgehead atoms. The molecule has 3 aromatic rings. The molecule has 1 saturated heterocycles. The number of alkyl halides is 3. The molecule has 0 unspecified atom stereocenters. The number of aromatic nitrogens is 2. The van der Waals surface area contributed by atoms with Crippen LogP contribution in [0.25, 0.3) is 10.6 Å². The number of hydrogen-bond donors (Lipinski definition) is 0. The van der Waals surface area contributed by atoms with Crippen LogP contribution in [0.4, 0.5) is 18.9 Å². The van der Waals surface area contributed by atoms with E-state index in [0.29, 0.717) is 36.1 Å². The van der Waals surface area contributed by atoms with Gasteiger partial charge in [0, 0.05) is 36.9 Å². The number of piperazine rings is 1. The monoisotopic (exact) mass is 512 g/mol. The van der Waals surface area contributed by atoms with Gasteiger partial charge in [-0.1, -0.05) is 35.5 Å². The van der Waals surface area contributed by atoms with E-state index in [2.05, 4.69) is 14.9 Å². The fourth-order valence-electron chi connectivity index (χ4n) is 3.52. The number of carbonyl (C=O) groups excluding carboxylic acids is 1. The predicted octanol–water partition coefficient (Wildman–Crippen LogP) is 5.63. The SMILES string of the molecule is Cc1ccc(Cl)cc1N1CCN(C(=O)CSc2nc(-c3cccs3)cc(C(F)(F)F)n2)CC1. The lowest BCUT2D eigenvalue weighted by Crippen LogP contribution is -2.49. The first-order valence-electron chi connectivity index (χ1n) is 10.1. The van der Waals surface area contributed by atoms with Crippen molar-refractivity contribution in [2.45, 2.75) is 18.3 Å². The van der Waals surface area contributed by atoms with Crippen molar-refractivity contribution in [1.82, 2.24) is 14.9 Å². The Hall–Kier alpha value is -2.30. The van der Waals surface area contributed by atoms with E-state index in [1.807, 2.05) is 25.1 Å². The molecular formula is C22H20ClF3N4OS2. The molecular weight excluding hydrogens is 493 g/mol. The van der Waals surface area contributed by atoms with Crippen LogP contribution in [-0.2, 0) is 11.0 Å². The van der Waals surface area contributed by atoms with Gasteiger partial charge in [0.2, 0.25) is 5.91 Å². The van der Waals surface area contributed by atoms with E-state index in [1.54, 1.807) is 22.4 Å². The van der Waals surface area contributed by atoms with Crippen LogP contribution in [0, 0.1) is 6.92 Å². The summed E-state index contributed by atoms with van der Waals surface area (Å²) in [6.07, 6.45) is -4.59. The van der Waals surface area contributed by atoms with Gasteiger partial charge in [-0.2, -0.15) is 13.2 Å². The summed E-state index contributed by atoms with van der Waals surface area (Å²) in [5.74, 6) is -0.178. The third-order valence-corrected chi connectivity index (χ3v) is 7.20. The summed E-state index contributed by atoms with van der Waals surface area (Å²) in [6, 6.07) is 10.1. The van der Waals surface area contributed by atoms with E-state index < -0.39 is 11.9 Å². The van der Waals surface area contributed by atoms with Crippen molar-refractivity contribution in [2.24, 2.45) is 0 Å². The van der Waals surface area contributed by atoms with E-state index in [-0.39, 0.29) is 22.5 Å². The molecule has 1 aliphatic heterocycles. The lowest BCUT2D eigenvalue weighted by Gasteiger charge is -2.36. The maximum atomic E-state index is 13.3. The highest BCUT2D eigenvalue weighted by molar-refractivity contribution is 7.99. The standard InChI is InChI=1S/C22H20ClF3N4OS2/c1-14-4-5-15(23)11-17(14)29-6-8-30(9-7-29)20(31)13-33-21-27-16(18-3-2-10-32-18)12-19(28-21)22(24,25)26/h2-5,10-12H,6-9,13H2,1H3. The lowest BCUT2D eigenvalue weighted by atomic mass is 10.1. The molecule has 0 aliphatic carbocycles. The van der Waals surface area contributed by atoms with Gasteiger partial charge in [0.25, 0.3) is 0 Å². The van der Waals surface area contributed by atoms with Crippen LogP contribution in [0.3, 0.4) is 0 Å². The summed E-state index contributed by atoms with van der Waals surface area (Å²) < 4.78 is 40.0. The Kier molecular flexibility index (Phi) is 7.16. The first-order chi connectivity index (χ1) is 15.7. The Bertz CT molecular complexity index is 1130. The second kappa shape index (κ2) is 9.90. The molecule has 1 aliphatic rings. The number of thioether (sulfide) groups is 1. The molecule has 5 nitrogen and oxygen atoms in total. The zero-order valence-electron chi connectivity index (χ0n) is 17.6. The van der Waals surface area contributed by atoms with Crippen LogP contribution < -0.4 is 4.90 Å². The van der Waals surface area contributed by atoms with Crippen molar-refractivity contribution in [3.05, 3.63) is 58.1 Å². The second-order valence-electron chi connectivity index (χ2n) is 7.48. The Morgan fingerprint density at radius 3 is 2.58 bits per heavy atom. The fraction of sp³-hybridized carbons (Fsp3) is 0.318. The molecule has 33 heavy (non-hydrogen) atoms. The predicted molar refractivity (Wildman–Crippen MR) is 126 cm³/mol. The van der Waals surface area contributed by atoms with Crippen LogP contribution in [0.2, 0.25) is 5.02 Å². The number of carbonyl (C=O) groups is 1. The summed E-state index contributed by atoms with van der Waals surface area (Å²) in [5, 5.41) is 2.37. The average molecular weight is 513 g/mol. The van der Waals surface area contributed by atoms with Crippen molar-refractivity contribution in [1.29, 1.82) is 0 Å². The minimum Gasteiger partial charge on any atom is -0.368 e. The molecule has 0 radical (unpaired) electrons. The highest BCUT2D eigenvalue weighted by atomic mass is 35.5. The Labute approximate surface area is 202 Å². The molecule has 0 atom stereocenters. The lowest BCUT2D eigenvalue weighted by molar-refractivity contribution is -0.141. The number of rotatable bonds is 5. The van der Waals surface area contributed by atoms with Gasteiger partial charge in [0.05, 0.1) is 16.3 Å². The molecule has 0 spiro atoms. The number of aryl methyl sites for hydroxylation is 1. The van der Waals surface area contributed by atoms with Crippen LogP contribution >= 0.6 is 34.7 Å². The van der Waals surface area contributed by atoms with Crippen molar-refractivity contribution in [3.63, 3.8) is 0 Å². The Balaban J connectivity index is 1.40. The molecule has 0 N–H and O–H groups in total. The summed E-state index contributed by atoms with van der Waals surface area (Å²) in [4.78, 5) is 25.1. The van der Waals surface area contributed by atoms with Gasteiger partial charge in [-0.05, 0) is 42.1 Å². The number of halogens is 4. The number of anilines is 1. The molecule has 0 saturated carbocycles. The van der Waals surface area contributed by atoms with Crippen LogP contribution in [0.1, 0.15) is 11.3 Å². The zero-order chi connectivity index (χ0) is 23.6. The van der Waals surface area contributed by atoms with Gasteiger partial charge in [0.15, 0.2) is 5.16 Å². The van der Waals surface area contributed by atoms with Crippen molar-refractivity contribution in [3.8, 4) is 10.6 Å². The van der Waals surface area contributed by atoms with Gasteiger partial charge in [-0.15, -0.1) is 11.3 Å². The maximum absolute atomic E-state index is 13.3. The van der Waals surface area contributed by atoms with Crippen LogP contribution in [0.15, 0.2) is 46.9 Å². The molecule has 2 aromatic heterocycles. The topological polar surface area (TPSA) is 49.3 Å². The van der Waals surface area contributed by atoms with E-state index >= 15 is 0 Å². The fourth-order valence-corrected chi connectivity index (χ4v) is 5.14. The number of benzene rings is 1. The molecule has 1 aromatic carbocycles. The summed E-state index contributed by atoms with van der Waals surface area (Å²) in [6.45, 7) is 4.37. The quantitative estimate of drug-likeness (QED) is 0.328. The Morgan fingerprint density at radius 2 is 1.91 bits per heavy atom. The largest absolute Gasteiger partial charge is 0.433 e. The van der Waals surface area contributed by atoms with Crippen molar-refractivity contribution >= 4 is 46.3 Å². The van der Waals surface area contributed by atoms with E-state index in [1.165, 1.54) is 11.3 Å². The summed E-state index contributed by atoms with van der Waals surface area (Å²) in [5.41, 5.74) is 1.34. The number of amides is 1. The molecule has 1 fully saturated rings. The molecule has 1 amide bonds. The van der Waals surface area contributed by atoms with Crippen molar-refractivity contribution in [2.75, 3.05) is 36.8 Å². The van der Waals surface area contributed by atoms with Gasteiger partial charge in [-0.3, -0.25) is 4.79 Å². The number of hydrogen-bond acceptors (Lipinski definition) is 6. The second-order valence-corrected chi connectivity index (χ2v) is 9.81. The average Bonchev–Trinajstić information content (AvgIpc) is 3.33. The van der Waals surface area contributed by atoms with E-state index in [4.69, 9.17) is 11.6 Å². The van der Waals surface area contributed by atoms with E-state index in [0.717, 1.165) is 29.1 Å². The van der Waals surface area contributed by atoms with Crippen molar-refractivity contribution < 1.29 is 18.0 Å². The van der Waals surface area contributed by atoms with Gasteiger partial charge >= 0.3 is 6.18 Å². The third-order valence-electron chi connectivity index (χ3n) is 5.24. The highest BCUT2D eigenvalue weighted by Crippen LogP contribution is 2.33. The zero-order valence-corrected chi connectivity index (χ0v) is 20.0. The number of thiophene rings is 1. The molecule has 11 heteroatoms. The normalized spacial score (nSPS) is 14.6. The third kappa shape index (κ3) is 5.80. The molecule has 3 heterocycles. The number of nitrogens with zero attached hydrogens (tertiary/aromatic N) is 4. The highest BCUT2D eigenvalue weighted by Gasteiger charge is 2.34. The summed E-state index contributed by atoms with van der Waals surface area (Å²) >= 11 is 8.34. The first kappa shape index (κ1) is 23.8. The summed E-state index contributed by atoms with van der Waals surface area (Å²) in [7, 11) is 0. The van der Waals surface area contributed by atoms with Crippen LogP contribution in [0.5, 0.6) is 0 Å². The minimum absolute atomic E-state index is 0.0264. The smallest absolute Gasteiger partial charge is 0.368 e. The molecule has 4 rings (SSSR count). The molecule has 174 valence electrons.